The lowest BCUT2D eigenvalue weighted by atomic mass is 10.6. The van der Waals surface area contributed by atoms with E-state index in [4.69, 9.17) is 5.11 Å². The molecule has 0 aromatic carbocycles. The van der Waals surface area contributed by atoms with Gasteiger partial charge in [-0.1, -0.05) is 0 Å². The SMILES string of the molecule is Cc1nc(C(=O)O)n[nH]1.Cl. The molecule has 56 valence electrons. The number of carbonyl (C=O) groups is 1. The third-order valence-electron chi connectivity index (χ3n) is 0.789. The highest BCUT2D eigenvalue weighted by atomic mass is 35.5. The van der Waals surface area contributed by atoms with Crippen molar-refractivity contribution in [2.75, 3.05) is 0 Å². The Kier molecular flexibility index (Phi) is 2.82. The van der Waals surface area contributed by atoms with Crippen molar-refractivity contribution in [3.8, 4) is 0 Å². The summed E-state index contributed by atoms with van der Waals surface area (Å²) in [6.07, 6.45) is 0. The maximum absolute atomic E-state index is 10.1. The molecule has 0 spiro atoms. The summed E-state index contributed by atoms with van der Waals surface area (Å²) in [5, 5.41) is 14.0. The topological polar surface area (TPSA) is 78.9 Å². The van der Waals surface area contributed by atoms with Gasteiger partial charge in [-0.05, 0) is 6.92 Å². The number of aryl methyl sites for hydroxylation is 1. The molecular formula is C4H6ClN3O2. The predicted molar refractivity (Wildman–Crippen MR) is 35.3 cm³/mol. The molecule has 0 aliphatic rings. The third-order valence-corrected chi connectivity index (χ3v) is 0.789. The summed E-state index contributed by atoms with van der Waals surface area (Å²) in [6.45, 7) is 1.64. The molecule has 2 N–H and O–H groups in total. The molecule has 0 atom stereocenters. The standard InChI is InChI=1S/C4H5N3O2.ClH/c1-2-5-3(4(8)9)7-6-2;/h1H3,(H,8,9)(H,5,6,7);1H. The molecular weight excluding hydrogens is 158 g/mol. The first-order chi connectivity index (χ1) is 4.20. The smallest absolute Gasteiger partial charge is 0.375 e. The van der Waals surface area contributed by atoms with E-state index in [1.54, 1.807) is 6.92 Å². The van der Waals surface area contributed by atoms with Gasteiger partial charge < -0.3 is 5.11 Å². The minimum absolute atomic E-state index is 0. The Morgan fingerprint density at radius 3 is 2.50 bits per heavy atom. The van der Waals surface area contributed by atoms with Gasteiger partial charge >= 0.3 is 5.97 Å². The molecule has 0 saturated carbocycles. The second kappa shape index (κ2) is 3.17. The Morgan fingerprint density at radius 1 is 1.70 bits per heavy atom. The molecule has 6 heteroatoms. The average molecular weight is 164 g/mol. The molecule has 0 amide bonds. The summed E-state index contributed by atoms with van der Waals surface area (Å²) in [6, 6.07) is 0. The zero-order valence-electron chi connectivity index (χ0n) is 5.16. The second-order valence-corrected chi connectivity index (χ2v) is 1.55. The Labute approximate surface area is 62.9 Å². The zero-order chi connectivity index (χ0) is 6.85. The van der Waals surface area contributed by atoms with Gasteiger partial charge in [-0.15, -0.1) is 17.5 Å². The number of carboxylic acid groups (broad SMARTS) is 1. The molecule has 0 radical (unpaired) electrons. The van der Waals surface area contributed by atoms with E-state index in [9.17, 15) is 4.79 Å². The Hall–Kier alpha value is -1.10. The molecule has 0 fully saturated rings. The maximum atomic E-state index is 10.1. The van der Waals surface area contributed by atoms with Crippen molar-refractivity contribution >= 4 is 18.4 Å². The monoisotopic (exact) mass is 163 g/mol. The van der Waals surface area contributed by atoms with Crippen LogP contribution in [0, 0.1) is 6.92 Å². The number of carboxylic acids is 1. The van der Waals surface area contributed by atoms with Gasteiger partial charge in [0.25, 0.3) is 5.82 Å². The molecule has 0 saturated heterocycles. The van der Waals surface area contributed by atoms with E-state index in [1.807, 2.05) is 0 Å². The largest absolute Gasteiger partial charge is 0.475 e. The van der Waals surface area contributed by atoms with Crippen LogP contribution >= 0.6 is 12.4 Å². The number of aromatic amines is 1. The summed E-state index contributed by atoms with van der Waals surface area (Å²) in [4.78, 5) is 13.6. The molecule has 1 rings (SSSR count). The first-order valence-electron chi connectivity index (χ1n) is 2.32. The van der Waals surface area contributed by atoms with Crippen LogP contribution < -0.4 is 0 Å². The number of aromatic carboxylic acids is 1. The van der Waals surface area contributed by atoms with Crippen molar-refractivity contribution in [1.29, 1.82) is 0 Å². The van der Waals surface area contributed by atoms with Crippen LogP contribution in [0.5, 0.6) is 0 Å². The van der Waals surface area contributed by atoms with Crippen LogP contribution in [0.1, 0.15) is 16.4 Å². The third kappa shape index (κ3) is 1.70. The average Bonchev–Trinajstić information content (AvgIpc) is 2.14. The van der Waals surface area contributed by atoms with Gasteiger partial charge in [-0.3, -0.25) is 5.10 Å². The molecule has 10 heavy (non-hydrogen) atoms. The molecule has 1 aromatic rings. The molecule has 0 aliphatic carbocycles. The zero-order valence-corrected chi connectivity index (χ0v) is 5.97. The summed E-state index contributed by atoms with van der Waals surface area (Å²) in [5.74, 6) is -0.792. The lowest BCUT2D eigenvalue weighted by molar-refractivity contribution is 0.0684. The van der Waals surface area contributed by atoms with Crippen molar-refractivity contribution in [3.63, 3.8) is 0 Å². The first kappa shape index (κ1) is 8.90. The van der Waals surface area contributed by atoms with E-state index >= 15 is 0 Å². The van der Waals surface area contributed by atoms with Crippen LogP contribution in [0.25, 0.3) is 0 Å². The number of hydrogen-bond acceptors (Lipinski definition) is 3. The van der Waals surface area contributed by atoms with Crippen molar-refractivity contribution in [1.82, 2.24) is 15.2 Å². The van der Waals surface area contributed by atoms with Crippen LogP contribution in [-0.4, -0.2) is 26.3 Å². The quantitative estimate of drug-likeness (QED) is 0.621. The van der Waals surface area contributed by atoms with Gasteiger partial charge in [0.15, 0.2) is 0 Å². The number of hydrogen-bond donors (Lipinski definition) is 2. The number of rotatable bonds is 1. The minimum atomic E-state index is -1.11. The fourth-order valence-electron chi connectivity index (χ4n) is 0.438. The Morgan fingerprint density at radius 2 is 2.30 bits per heavy atom. The normalized spacial score (nSPS) is 8.50. The van der Waals surface area contributed by atoms with Gasteiger partial charge in [0, 0.05) is 0 Å². The molecule has 1 aromatic heterocycles. The maximum Gasteiger partial charge on any atom is 0.375 e. The highest BCUT2D eigenvalue weighted by molar-refractivity contribution is 5.85. The summed E-state index contributed by atoms with van der Waals surface area (Å²) in [5.41, 5.74) is 0. The number of H-pyrrole nitrogens is 1. The van der Waals surface area contributed by atoms with Crippen LogP contribution in [0.15, 0.2) is 0 Å². The van der Waals surface area contributed by atoms with Crippen molar-refractivity contribution in [2.45, 2.75) is 6.92 Å². The lowest BCUT2D eigenvalue weighted by Crippen LogP contribution is -1.98. The van der Waals surface area contributed by atoms with Gasteiger partial charge in [-0.2, -0.15) is 0 Å². The van der Waals surface area contributed by atoms with E-state index < -0.39 is 5.97 Å². The first-order valence-corrected chi connectivity index (χ1v) is 2.32. The van der Waals surface area contributed by atoms with Gasteiger partial charge in [0.1, 0.15) is 5.82 Å². The molecule has 0 bridgehead atoms. The number of nitrogens with zero attached hydrogens (tertiary/aromatic N) is 2. The van der Waals surface area contributed by atoms with Crippen LogP contribution in [0.3, 0.4) is 0 Å². The van der Waals surface area contributed by atoms with Gasteiger partial charge in [0.2, 0.25) is 0 Å². The molecule has 0 unspecified atom stereocenters. The molecule has 5 nitrogen and oxygen atoms in total. The number of halogens is 1. The highest BCUT2D eigenvalue weighted by Crippen LogP contribution is 1.88. The number of aromatic nitrogens is 3. The predicted octanol–water partition coefficient (Wildman–Crippen LogP) is 0.233. The second-order valence-electron chi connectivity index (χ2n) is 1.55. The van der Waals surface area contributed by atoms with Gasteiger partial charge in [-0.25, -0.2) is 9.78 Å². The van der Waals surface area contributed by atoms with Gasteiger partial charge in [0.05, 0.1) is 0 Å². The highest BCUT2D eigenvalue weighted by Gasteiger charge is 2.06. The van der Waals surface area contributed by atoms with E-state index in [2.05, 4.69) is 15.2 Å². The van der Waals surface area contributed by atoms with Crippen LogP contribution in [0.2, 0.25) is 0 Å². The van der Waals surface area contributed by atoms with E-state index in [-0.39, 0.29) is 18.2 Å². The Bertz CT molecular complexity index is 234. The lowest BCUT2D eigenvalue weighted by Gasteiger charge is -1.76. The minimum Gasteiger partial charge on any atom is -0.475 e. The van der Waals surface area contributed by atoms with E-state index in [0.717, 1.165) is 0 Å². The summed E-state index contributed by atoms with van der Waals surface area (Å²) < 4.78 is 0. The summed E-state index contributed by atoms with van der Waals surface area (Å²) in [7, 11) is 0. The summed E-state index contributed by atoms with van der Waals surface area (Å²) >= 11 is 0. The van der Waals surface area contributed by atoms with E-state index in [1.165, 1.54) is 0 Å². The number of nitrogens with one attached hydrogen (secondary N) is 1. The Balaban J connectivity index is 0.000000810. The molecule has 1 heterocycles. The van der Waals surface area contributed by atoms with Crippen molar-refractivity contribution in [2.24, 2.45) is 0 Å². The fraction of sp³-hybridized carbons (Fsp3) is 0.250. The van der Waals surface area contributed by atoms with E-state index in [0.29, 0.717) is 5.82 Å². The van der Waals surface area contributed by atoms with Crippen molar-refractivity contribution in [3.05, 3.63) is 11.6 Å². The molecule has 0 aliphatic heterocycles. The van der Waals surface area contributed by atoms with Crippen LogP contribution in [-0.2, 0) is 0 Å². The van der Waals surface area contributed by atoms with Crippen LogP contribution in [0.4, 0.5) is 0 Å². The van der Waals surface area contributed by atoms with Crippen molar-refractivity contribution < 1.29 is 9.90 Å². The fourth-order valence-corrected chi connectivity index (χ4v) is 0.438.